The molecule has 3 aliphatic rings. The van der Waals surface area contributed by atoms with Crippen LogP contribution < -0.4 is 5.32 Å². The van der Waals surface area contributed by atoms with E-state index in [9.17, 15) is 31.2 Å². The molecule has 3 aliphatic heterocycles. The Balaban J connectivity index is 0.000000280. The average molecular weight is 537 g/mol. The summed E-state index contributed by atoms with van der Waals surface area (Å²) >= 11 is 0. The molecule has 0 bridgehead atoms. The highest BCUT2D eigenvalue weighted by Crippen LogP contribution is 2.29. The second kappa shape index (κ2) is 12.3. The van der Waals surface area contributed by atoms with Crippen molar-refractivity contribution in [3.8, 4) is 0 Å². The van der Waals surface area contributed by atoms with Crippen molar-refractivity contribution in [3.63, 3.8) is 0 Å². The van der Waals surface area contributed by atoms with Crippen molar-refractivity contribution in [3.05, 3.63) is 35.4 Å². The highest BCUT2D eigenvalue weighted by atomic mass is 32.2. The van der Waals surface area contributed by atoms with Crippen LogP contribution in [0.25, 0.3) is 0 Å². The minimum atomic E-state index is -4.31. The first kappa shape index (κ1) is 28.4. The summed E-state index contributed by atoms with van der Waals surface area (Å²) in [7, 11) is -1.84. The van der Waals surface area contributed by atoms with E-state index in [0.717, 1.165) is 50.9 Å². The maximum atomic E-state index is 12.6. The monoisotopic (exact) mass is 536 g/mol. The Morgan fingerprint density at radius 2 is 1.72 bits per heavy atom. The predicted molar refractivity (Wildman–Crippen MR) is 128 cm³/mol. The van der Waals surface area contributed by atoms with Gasteiger partial charge in [-0.2, -0.15) is 30.2 Å². The first-order chi connectivity index (χ1) is 17.1. The second-order valence-corrected chi connectivity index (χ2v) is 11.0. The predicted octanol–water partition coefficient (Wildman–Crippen LogP) is 2.09. The van der Waals surface area contributed by atoms with E-state index in [-0.39, 0.29) is 25.9 Å². The number of hydrogen-bond donors (Lipinski definition) is 1. The third-order valence-corrected chi connectivity index (χ3v) is 8.56. The number of rotatable bonds is 7. The van der Waals surface area contributed by atoms with Crippen molar-refractivity contribution in [2.45, 2.75) is 44.5 Å². The molecule has 1 aromatic carbocycles. The molecule has 3 heterocycles. The molecule has 0 saturated carbocycles. The van der Waals surface area contributed by atoms with Gasteiger partial charge < -0.3 is 15.0 Å². The highest BCUT2D eigenvalue weighted by Gasteiger charge is 2.42. The Hall–Kier alpha value is -2.22. The summed E-state index contributed by atoms with van der Waals surface area (Å²) in [4.78, 5) is 24.3. The number of ether oxygens (including phenoxy) is 1. The molecule has 4 rings (SSSR count). The first-order valence-electron chi connectivity index (χ1n) is 12.0. The van der Waals surface area contributed by atoms with Crippen molar-refractivity contribution < 1.29 is 37.3 Å². The number of nitrogens with zero attached hydrogens (tertiary/aromatic N) is 3. The molecule has 204 valence electrons. The van der Waals surface area contributed by atoms with E-state index in [2.05, 4.69) is 5.32 Å². The Morgan fingerprint density at radius 3 is 2.28 bits per heavy atom. The van der Waals surface area contributed by atoms with Crippen molar-refractivity contribution >= 4 is 22.5 Å². The molecule has 36 heavy (non-hydrogen) atoms. The second-order valence-electron chi connectivity index (χ2n) is 9.11. The van der Waals surface area contributed by atoms with Crippen LogP contribution >= 0.6 is 0 Å². The van der Waals surface area contributed by atoms with Gasteiger partial charge in [-0.1, -0.05) is 12.1 Å². The largest absolute Gasteiger partial charge is 0.416 e. The van der Waals surface area contributed by atoms with Crippen LogP contribution in [-0.4, -0.2) is 86.7 Å². The van der Waals surface area contributed by atoms with Gasteiger partial charge in [0, 0.05) is 54.3 Å². The number of carbonyl (C=O) groups is 2. The lowest BCUT2D eigenvalue weighted by Crippen LogP contribution is -2.60. The van der Waals surface area contributed by atoms with Gasteiger partial charge in [0.05, 0.1) is 17.6 Å². The number of piperidine rings is 1. The lowest BCUT2D eigenvalue weighted by Gasteiger charge is -2.42. The lowest BCUT2D eigenvalue weighted by atomic mass is 9.98. The van der Waals surface area contributed by atoms with Crippen molar-refractivity contribution in [1.29, 1.82) is 0 Å². The maximum absolute atomic E-state index is 12.6. The smallest absolute Gasteiger partial charge is 0.379 e. The van der Waals surface area contributed by atoms with Crippen LogP contribution in [0.2, 0.25) is 0 Å². The molecule has 9 nitrogen and oxygen atoms in total. The first-order valence-corrected chi connectivity index (χ1v) is 13.4. The minimum absolute atomic E-state index is 0. The summed E-state index contributed by atoms with van der Waals surface area (Å²) in [6, 6.07) is 4.64. The number of hydrogen-bond acceptors (Lipinski definition) is 5. The lowest BCUT2D eigenvalue weighted by molar-refractivity contribution is -0.137. The Kier molecular flexibility index (Phi) is 9.72. The molecular formula is C23H35F3N4O5S. The summed E-state index contributed by atoms with van der Waals surface area (Å²) in [6.07, 6.45) is -0.137. The number of benzene rings is 1. The van der Waals surface area contributed by atoms with Gasteiger partial charge in [-0.3, -0.25) is 9.59 Å². The summed E-state index contributed by atoms with van der Waals surface area (Å²) in [5, 5.41) is 2.36. The number of alkyl halides is 3. The number of likely N-dealkylation sites (tertiary alicyclic amines) is 1. The fourth-order valence-corrected chi connectivity index (χ4v) is 6.19. The molecule has 0 unspecified atom stereocenters. The van der Waals surface area contributed by atoms with Crippen LogP contribution in [0.3, 0.4) is 0 Å². The fourth-order valence-electron chi connectivity index (χ4n) is 4.42. The topological polar surface area (TPSA) is 99.3 Å². The molecule has 2 amide bonds. The molecule has 3 fully saturated rings. The number of methoxy groups -OCH3 is 1. The Labute approximate surface area is 211 Å². The normalized spacial score (nSPS) is 21.9. The molecule has 0 radical (unpaired) electrons. The zero-order valence-electron chi connectivity index (χ0n) is 20.2. The number of nitrogens with one attached hydrogen (secondary N) is 1. The van der Waals surface area contributed by atoms with Crippen molar-refractivity contribution in [2.24, 2.45) is 5.92 Å². The van der Waals surface area contributed by atoms with Crippen LogP contribution in [0.15, 0.2) is 24.3 Å². The van der Waals surface area contributed by atoms with Crippen LogP contribution in [0, 0.1) is 5.92 Å². The summed E-state index contributed by atoms with van der Waals surface area (Å²) in [6.45, 7) is 3.56. The molecule has 0 aromatic heterocycles. The van der Waals surface area contributed by atoms with Crippen LogP contribution in [0.4, 0.5) is 13.2 Å². The highest BCUT2D eigenvalue weighted by molar-refractivity contribution is 7.86. The summed E-state index contributed by atoms with van der Waals surface area (Å²) < 4.78 is 69.6. The molecule has 0 aliphatic carbocycles. The molecule has 13 heteroatoms. The van der Waals surface area contributed by atoms with Gasteiger partial charge in [-0.05, 0) is 43.4 Å². The summed E-state index contributed by atoms with van der Waals surface area (Å²) in [5.41, 5.74) is -0.0579. The number of halogens is 3. The zero-order valence-corrected chi connectivity index (χ0v) is 21.1. The zero-order chi connectivity index (χ0) is 26.3. The van der Waals surface area contributed by atoms with Crippen LogP contribution in [0.5, 0.6) is 0 Å². The average Bonchev–Trinajstić information content (AvgIpc) is 3.37. The third kappa shape index (κ3) is 7.17. The molecule has 1 atom stereocenters. The van der Waals surface area contributed by atoms with E-state index in [1.165, 1.54) is 20.7 Å². The molecular weight excluding hydrogens is 501 g/mol. The van der Waals surface area contributed by atoms with E-state index in [0.29, 0.717) is 38.2 Å². The van der Waals surface area contributed by atoms with Gasteiger partial charge in [-0.15, -0.1) is 0 Å². The van der Waals surface area contributed by atoms with E-state index in [1.54, 1.807) is 7.11 Å². The van der Waals surface area contributed by atoms with Gasteiger partial charge in [0.25, 0.3) is 10.2 Å². The third-order valence-electron chi connectivity index (χ3n) is 6.62. The fraction of sp³-hybridized carbons (Fsp3) is 0.652. The van der Waals surface area contributed by atoms with Gasteiger partial charge in [0.15, 0.2) is 0 Å². The maximum Gasteiger partial charge on any atom is 0.416 e. The minimum Gasteiger partial charge on any atom is -0.379 e. The van der Waals surface area contributed by atoms with Crippen molar-refractivity contribution in [1.82, 2.24) is 18.8 Å². The van der Waals surface area contributed by atoms with Crippen LogP contribution in [-0.2, 0) is 37.3 Å². The van der Waals surface area contributed by atoms with E-state index < -0.39 is 21.9 Å². The van der Waals surface area contributed by atoms with Gasteiger partial charge in [0.1, 0.15) is 0 Å². The SMILES string of the molecule is COC1CN(S(=O)(=O)N2CCC[C@H](C(=O)N3CCCC3)C2)C1.O=CNCc1ccc(C(F)(F)F)cc1.[HH]. The van der Waals surface area contributed by atoms with Gasteiger partial charge >= 0.3 is 6.18 Å². The van der Waals surface area contributed by atoms with E-state index in [4.69, 9.17) is 4.74 Å². The quantitative estimate of drug-likeness (QED) is 0.538. The van der Waals surface area contributed by atoms with Gasteiger partial charge in [0.2, 0.25) is 12.3 Å². The number of carbonyl (C=O) groups excluding carboxylic acids is 2. The molecule has 1 N–H and O–H groups in total. The number of amides is 2. The van der Waals surface area contributed by atoms with Crippen molar-refractivity contribution in [2.75, 3.05) is 46.4 Å². The van der Waals surface area contributed by atoms with E-state index in [1.807, 2.05) is 4.90 Å². The molecule has 3 saturated heterocycles. The Morgan fingerprint density at radius 1 is 1.08 bits per heavy atom. The van der Waals surface area contributed by atoms with E-state index >= 15 is 0 Å². The standard InChI is InChI=1S/C14H25N3O4S.C9H8F3NO.H2/c1-21-13-10-17(11-13)22(19,20)16-8-4-5-12(9-16)14(18)15-6-2-3-7-15;10-9(11,12)8-3-1-7(2-4-8)5-13-6-14;/h12-13H,2-11H2,1H3;1-4,6H,5H2,(H,13,14);1H/t12-;;/m0../s1. The van der Waals surface area contributed by atoms with Crippen LogP contribution in [0.1, 0.15) is 38.2 Å². The molecule has 1 aromatic rings. The Bertz CT molecular complexity index is 985. The molecule has 0 spiro atoms. The van der Waals surface area contributed by atoms with Gasteiger partial charge in [-0.25, -0.2) is 0 Å². The summed E-state index contributed by atoms with van der Waals surface area (Å²) in [5.74, 6) is -0.0445.